The van der Waals surface area contributed by atoms with Crippen LogP contribution in [0.2, 0.25) is 5.02 Å². The summed E-state index contributed by atoms with van der Waals surface area (Å²) in [5.74, 6) is -1.20. The summed E-state index contributed by atoms with van der Waals surface area (Å²) in [4.78, 5) is 10.9. The summed E-state index contributed by atoms with van der Waals surface area (Å²) in [6, 6.07) is 3.35. The van der Waals surface area contributed by atoms with Gasteiger partial charge in [-0.1, -0.05) is 11.6 Å². The number of sulfonamides is 1. The van der Waals surface area contributed by atoms with Crippen LogP contribution in [0.4, 0.5) is 0 Å². The Kier molecular flexibility index (Phi) is 4.57. The van der Waals surface area contributed by atoms with Crippen LogP contribution in [0.1, 0.15) is 24.2 Å². The fourth-order valence-corrected chi connectivity index (χ4v) is 4.22. The number of carbonyl (C=O) groups is 1. The molecule has 2 unspecified atom stereocenters. The number of rotatable bonds is 3. The Morgan fingerprint density at radius 3 is 2.67 bits per heavy atom. The first kappa shape index (κ1) is 16.2. The molecule has 116 valence electrons. The van der Waals surface area contributed by atoms with E-state index in [1.807, 2.05) is 0 Å². The van der Waals surface area contributed by atoms with Crippen LogP contribution in [-0.2, 0) is 14.8 Å². The van der Waals surface area contributed by atoms with Gasteiger partial charge in [-0.05, 0) is 32.0 Å². The number of nitrogens with zero attached hydrogens (tertiary/aromatic N) is 1. The van der Waals surface area contributed by atoms with Crippen molar-refractivity contribution in [3.05, 3.63) is 28.8 Å². The van der Waals surface area contributed by atoms with Crippen molar-refractivity contribution in [1.82, 2.24) is 4.31 Å². The molecule has 0 aliphatic carbocycles. The summed E-state index contributed by atoms with van der Waals surface area (Å²) in [7, 11) is -3.73. The minimum absolute atomic E-state index is 0.0153. The van der Waals surface area contributed by atoms with E-state index >= 15 is 0 Å². The Morgan fingerprint density at radius 2 is 2.10 bits per heavy atom. The van der Waals surface area contributed by atoms with Crippen molar-refractivity contribution in [1.29, 1.82) is 0 Å². The van der Waals surface area contributed by atoms with E-state index in [2.05, 4.69) is 0 Å². The number of hydrogen-bond acceptors (Lipinski definition) is 4. The van der Waals surface area contributed by atoms with Crippen molar-refractivity contribution in [2.24, 2.45) is 0 Å². The molecular weight excluding hydrogens is 318 g/mol. The number of halogens is 1. The van der Waals surface area contributed by atoms with Gasteiger partial charge in [0.2, 0.25) is 10.0 Å². The Labute approximate surface area is 128 Å². The summed E-state index contributed by atoms with van der Waals surface area (Å²) >= 11 is 5.85. The zero-order valence-electron chi connectivity index (χ0n) is 11.6. The van der Waals surface area contributed by atoms with Gasteiger partial charge in [0.1, 0.15) is 0 Å². The van der Waals surface area contributed by atoms with Gasteiger partial charge in [-0.25, -0.2) is 13.2 Å². The highest BCUT2D eigenvalue weighted by atomic mass is 35.5. The Morgan fingerprint density at radius 1 is 1.43 bits per heavy atom. The number of carboxylic acid groups (broad SMARTS) is 1. The lowest BCUT2D eigenvalue weighted by Crippen LogP contribution is -2.50. The number of aromatic carboxylic acids is 1. The second-order valence-corrected chi connectivity index (χ2v) is 7.31. The second kappa shape index (κ2) is 5.92. The van der Waals surface area contributed by atoms with Gasteiger partial charge in [-0.15, -0.1) is 0 Å². The first-order chi connectivity index (χ1) is 9.73. The third-order valence-electron chi connectivity index (χ3n) is 3.33. The lowest BCUT2D eigenvalue weighted by Gasteiger charge is -2.35. The molecule has 1 aliphatic rings. The number of hydrogen-bond donors (Lipinski definition) is 1. The Balaban J connectivity index is 2.39. The summed E-state index contributed by atoms with van der Waals surface area (Å²) < 4.78 is 32.1. The molecule has 0 bridgehead atoms. The smallest absolute Gasteiger partial charge is 0.337 e. The maximum atomic E-state index is 12.6. The molecule has 0 saturated carbocycles. The molecule has 0 spiro atoms. The highest BCUT2D eigenvalue weighted by molar-refractivity contribution is 7.89. The Hall–Kier alpha value is -1.15. The highest BCUT2D eigenvalue weighted by Crippen LogP contribution is 2.26. The average Bonchev–Trinajstić information content (AvgIpc) is 2.40. The number of morpholine rings is 1. The predicted molar refractivity (Wildman–Crippen MR) is 77.2 cm³/mol. The van der Waals surface area contributed by atoms with Crippen molar-refractivity contribution in [2.45, 2.75) is 30.9 Å². The summed E-state index contributed by atoms with van der Waals surface area (Å²) in [5.41, 5.74) is -0.126. The average molecular weight is 334 g/mol. The van der Waals surface area contributed by atoms with Gasteiger partial charge in [0.05, 0.1) is 28.2 Å². The van der Waals surface area contributed by atoms with Gasteiger partial charge in [0.25, 0.3) is 0 Å². The van der Waals surface area contributed by atoms with Crippen LogP contribution < -0.4 is 0 Å². The lowest BCUT2D eigenvalue weighted by molar-refractivity contribution is -0.0170. The fourth-order valence-electron chi connectivity index (χ4n) is 2.17. The lowest BCUT2D eigenvalue weighted by atomic mass is 10.2. The molecule has 1 aliphatic heterocycles. The zero-order valence-corrected chi connectivity index (χ0v) is 13.2. The molecule has 6 nitrogen and oxygen atoms in total. The van der Waals surface area contributed by atoms with Gasteiger partial charge in [-0.2, -0.15) is 4.31 Å². The molecule has 1 N–H and O–H groups in total. The molecule has 2 atom stereocenters. The highest BCUT2D eigenvalue weighted by Gasteiger charge is 2.34. The first-order valence-electron chi connectivity index (χ1n) is 6.39. The van der Waals surface area contributed by atoms with Gasteiger partial charge in [0, 0.05) is 12.6 Å². The summed E-state index contributed by atoms with van der Waals surface area (Å²) in [6.07, 6.45) is -0.190. The normalized spacial score (nSPS) is 24.0. The zero-order chi connectivity index (χ0) is 15.8. The number of carboxylic acids is 1. The van der Waals surface area contributed by atoms with Crippen LogP contribution in [0.15, 0.2) is 23.1 Å². The minimum Gasteiger partial charge on any atom is -0.478 e. The summed E-state index contributed by atoms with van der Waals surface area (Å²) in [5, 5.41) is 8.82. The van der Waals surface area contributed by atoms with Crippen molar-refractivity contribution >= 4 is 27.6 Å². The predicted octanol–water partition coefficient (Wildman–Crippen LogP) is 1.84. The third kappa shape index (κ3) is 3.21. The fraction of sp³-hybridized carbons (Fsp3) is 0.462. The Bertz CT molecular complexity index is 661. The number of benzene rings is 1. The van der Waals surface area contributed by atoms with E-state index in [1.165, 1.54) is 22.5 Å². The second-order valence-electron chi connectivity index (χ2n) is 5.01. The van der Waals surface area contributed by atoms with Crippen molar-refractivity contribution in [3.8, 4) is 0 Å². The van der Waals surface area contributed by atoms with Crippen LogP contribution in [0, 0.1) is 0 Å². The van der Waals surface area contributed by atoms with Crippen molar-refractivity contribution in [3.63, 3.8) is 0 Å². The van der Waals surface area contributed by atoms with Crippen LogP contribution in [0.25, 0.3) is 0 Å². The molecule has 21 heavy (non-hydrogen) atoms. The van der Waals surface area contributed by atoms with E-state index in [-0.39, 0.29) is 34.2 Å². The van der Waals surface area contributed by atoms with E-state index in [9.17, 15) is 13.2 Å². The molecule has 1 fully saturated rings. The summed E-state index contributed by atoms with van der Waals surface area (Å²) in [6.45, 7) is 4.13. The third-order valence-corrected chi connectivity index (χ3v) is 5.62. The molecule has 0 amide bonds. The molecular formula is C13H16ClNO5S. The van der Waals surface area contributed by atoms with E-state index in [4.69, 9.17) is 21.4 Å². The molecule has 1 aromatic rings. The molecule has 1 heterocycles. The van der Waals surface area contributed by atoms with E-state index in [0.29, 0.717) is 6.61 Å². The van der Waals surface area contributed by atoms with Gasteiger partial charge in [-0.3, -0.25) is 0 Å². The van der Waals surface area contributed by atoms with Gasteiger partial charge >= 0.3 is 5.97 Å². The van der Waals surface area contributed by atoms with E-state index in [1.54, 1.807) is 13.8 Å². The molecule has 1 saturated heterocycles. The maximum absolute atomic E-state index is 12.6. The van der Waals surface area contributed by atoms with Gasteiger partial charge < -0.3 is 9.84 Å². The first-order valence-corrected chi connectivity index (χ1v) is 8.21. The topological polar surface area (TPSA) is 83.9 Å². The van der Waals surface area contributed by atoms with Crippen LogP contribution in [0.5, 0.6) is 0 Å². The van der Waals surface area contributed by atoms with Crippen LogP contribution in [0.3, 0.4) is 0 Å². The largest absolute Gasteiger partial charge is 0.478 e. The molecule has 1 aromatic carbocycles. The van der Waals surface area contributed by atoms with E-state index in [0.717, 1.165) is 0 Å². The van der Waals surface area contributed by atoms with Gasteiger partial charge in [0.15, 0.2) is 0 Å². The van der Waals surface area contributed by atoms with E-state index < -0.39 is 16.0 Å². The molecule has 0 aromatic heterocycles. The standard InChI is InChI=1S/C13H16ClNO5S/c1-8-7-20-9(2)6-15(8)21(18,19)10-3-4-11(13(16)17)12(14)5-10/h3-5,8-9H,6-7H2,1-2H3,(H,16,17). The minimum atomic E-state index is -3.73. The maximum Gasteiger partial charge on any atom is 0.337 e. The van der Waals surface area contributed by atoms with Crippen LogP contribution >= 0.6 is 11.6 Å². The molecule has 8 heteroatoms. The monoisotopic (exact) mass is 333 g/mol. The van der Waals surface area contributed by atoms with Crippen molar-refractivity contribution in [2.75, 3.05) is 13.2 Å². The molecule has 2 rings (SSSR count). The number of ether oxygens (including phenoxy) is 1. The van der Waals surface area contributed by atoms with Crippen molar-refractivity contribution < 1.29 is 23.1 Å². The quantitative estimate of drug-likeness (QED) is 0.912. The SMILES string of the molecule is CC1CN(S(=O)(=O)c2ccc(C(=O)O)c(Cl)c2)C(C)CO1. The van der Waals surface area contributed by atoms with Crippen LogP contribution in [-0.4, -0.2) is 49.1 Å². The molecule has 0 radical (unpaired) electrons.